The molecule has 2 nitrogen and oxygen atoms in total. The van der Waals surface area contributed by atoms with Crippen molar-refractivity contribution in [3.8, 4) is 0 Å². The standard InChI is InChI=1S/C13H19NO/c1-11-5-4-6-12(9-11)13(2,3)10-14-7-8-15/h4-6,8-9,14H,7,10H2,1-3H3. The van der Waals surface area contributed by atoms with Crippen LogP contribution in [0.2, 0.25) is 0 Å². The van der Waals surface area contributed by atoms with Gasteiger partial charge in [0.05, 0.1) is 6.54 Å². The molecule has 0 bridgehead atoms. The number of aldehydes is 1. The van der Waals surface area contributed by atoms with Gasteiger partial charge in [0.1, 0.15) is 6.29 Å². The summed E-state index contributed by atoms with van der Waals surface area (Å²) >= 11 is 0. The van der Waals surface area contributed by atoms with Gasteiger partial charge in [-0.25, -0.2) is 0 Å². The third-order valence-electron chi connectivity index (χ3n) is 2.59. The summed E-state index contributed by atoms with van der Waals surface area (Å²) in [6.07, 6.45) is 0.895. The lowest BCUT2D eigenvalue weighted by Crippen LogP contribution is -2.33. The molecule has 0 radical (unpaired) electrons. The van der Waals surface area contributed by atoms with Crippen LogP contribution in [0.5, 0.6) is 0 Å². The molecule has 0 saturated carbocycles. The van der Waals surface area contributed by atoms with Gasteiger partial charge >= 0.3 is 0 Å². The van der Waals surface area contributed by atoms with Gasteiger partial charge in [0.2, 0.25) is 0 Å². The van der Waals surface area contributed by atoms with E-state index in [4.69, 9.17) is 0 Å². The first-order chi connectivity index (χ1) is 7.06. The van der Waals surface area contributed by atoms with Crippen molar-refractivity contribution in [1.82, 2.24) is 5.32 Å². The van der Waals surface area contributed by atoms with E-state index in [1.165, 1.54) is 11.1 Å². The minimum atomic E-state index is 0.0645. The maximum atomic E-state index is 10.2. The van der Waals surface area contributed by atoms with Crippen molar-refractivity contribution in [3.05, 3.63) is 35.4 Å². The predicted octanol–water partition coefficient (Wildman–Crippen LogP) is 2.06. The first-order valence-corrected chi connectivity index (χ1v) is 5.28. The Morgan fingerprint density at radius 1 is 1.40 bits per heavy atom. The molecule has 0 amide bonds. The Morgan fingerprint density at radius 3 is 2.73 bits per heavy atom. The predicted molar refractivity (Wildman–Crippen MR) is 63.1 cm³/mol. The lowest BCUT2D eigenvalue weighted by Gasteiger charge is -2.25. The Bertz CT molecular complexity index is 331. The number of rotatable bonds is 5. The van der Waals surface area contributed by atoms with Gasteiger partial charge in [0.15, 0.2) is 0 Å². The van der Waals surface area contributed by atoms with Crippen LogP contribution >= 0.6 is 0 Å². The van der Waals surface area contributed by atoms with Crippen LogP contribution in [0.1, 0.15) is 25.0 Å². The van der Waals surface area contributed by atoms with Crippen molar-refractivity contribution in [2.45, 2.75) is 26.2 Å². The Kier molecular flexibility index (Phi) is 4.04. The van der Waals surface area contributed by atoms with E-state index in [0.717, 1.165) is 12.8 Å². The second kappa shape index (κ2) is 5.08. The van der Waals surface area contributed by atoms with Gasteiger partial charge in [-0.15, -0.1) is 0 Å². The van der Waals surface area contributed by atoms with Gasteiger partial charge in [0.25, 0.3) is 0 Å². The molecule has 0 unspecified atom stereocenters. The van der Waals surface area contributed by atoms with Crippen LogP contribution in [0, 0.1) is 6.92 Å². The van der Waals surface area contributed by atoms with Crippen molar-refractivity contribution < 1.29 is 4.79 Å². The van der Waals surface area contributed by atoms with Crippen LogP contribution in [-0.2, 0) is 10.2 Å². The molecule has 1 N–H and O–H groups in total. The van der Waals surface area contributed by atoms with E-state index >= 15 is 0 Å². The number of nitrogens with one attached hydrogen (secondary N) is 1. The molecular weight excluding hydrogens is 186 g/mol. The third-order valence-corrected chi connectivity index (χ3v) is 2.59. The Balaban J connectivity index is 2.71. The Labute approximate surface area is 91.7 Å². The molecule has 0 aliphatic rings. The minimum absolute atomic E-state index is 0.0645. The van der Waals surface area contributed by atoms with Crippen LogP contribution in [0.15, 0.2) is 24.3 Å². The topological polar surface area (TPSA) is 29.1 Å². The van der Waals surface area contributed by atoms with E-state index < -0.39 is 0 Å². The highest BCUT2D eigenvalue weighted by atomic mass is 16.1. The van der Waals surface area contributed by atoms with E-state index in [1.807, 2.05) is 0 Å². The van der Waals surface area contributed by atoms with Crippen molar-refractivity contribution >= 4 is 6.29 Å². The van der Waals surface area contributed by atoms with Crippen molar-refractivity contribution in [2.75, 3.05) is 13.1 Å². The molecular formula is C13H19NO. The normalized spacial score (nSPS) is 11.4. The third kappa shape index (κ3) is 3.48. The number of hydrogen-bond acceptors (Lipinski definition) is 2. The van der Waals surface area contributed by atoms with Gasteiger partial charge in [-0.2, -0.15) is 0 Å². The summed E-state index contributed by atoms with van der Waals surface area (Å²) in [5.41, 5.74) is 2.64. The van der Waals surface area contributed by atoms with Gasteiger partial charge in [-0.3, -0.25) is 0 Å². The van der Waals surface area contributed by atoms with E-state index in [2.05, 4.69) is 50.4 Å². The lowest BCUT2D eigenvalue weighted by molar-refractivity contribution is -0.107. The van der Waals surface area contributed by atoms with Crippen LogP contribution in [0.4, 0.5) is 0 Å². The Morgan fingerprint density at radius 2 is 2.13 bits per heavy atom. The van der Waals surface area contributed by atoms with Gasteiger partial charge in [-0.05, 0) is 12.5 Å². The largest absolute Gasteiger partial charge is 0.309 e. The highest BCUT2D eigenvalue weighted by molar-refractivity contribution is 5.51. The average Bonchev–Trinajstić information content (AvgIpc) is 2.18. The van der Waals surface area contributed by atoms with E-state index in [1.54, 1.807) is 0 Å². The minimum Gasteiger partial charge on any atom is -0.309 e. The highest BCUT2D eigenvalue weighted by Crippen LogP contribution is 2.22. The smallest absolute Gasteiger partial charge is 0.133 e. The summed E-state index contributed by atoms with van der Waals surface area (Å²) in [7, 11) is 0. The number of benzene rings is 1. The summed E-state index contributed by atoms with van der Waals surface area (Å²) in [5, 5.41) is 3.13. The molecule has 0 aliphatic heterocycles. The summed E-state index contributed by atoms with van der Waals surface area (Å²) in [6.45, 7) is 7.70. The summed E-state index contributed by atoms with van der Waals surface area (Å²) in [6, 6.07) is 8.50. The second-order valence-corrected chi connectivity index (χ2v) is 4.55. The quantitative estimate of drug-likeness (QED) is 0.589. The fraction of sp³-hybridized carbons (Fsp3) is 0.462. The molecule has 15 heavy (non-hydrogen) atoms. The van der Waals surface area contributed by atoms with E-state index in [9.17, 15) is 4.79 Å². The van der Waals surface area contributed by atoms with Crippen LogP contribution in [0.25, 0.3) is 0 Å². The van der Waals surface area contributed by atoms with Crippen molar-refractivity contribution in [3.63, 3.8) is 0 Å². The van der Waals surface area contributed by atoms with Crippen LogP contribution < -0.4 is 5.32 Å². The van der Waals surface area contributed by atoms with Crippen LogP contribution in [0.3, 0.4) is 0 Å². The number of carbonyl (C=O) groups excluding carboxylic acids is 1. The first kappa shape index (κ1) is 11.9. The molecule has 0 aliphatic carbocycles. The highest BCUT2D eigenvalue weighted by Gasteiger charge is 2.19. The molecule has 1 rings (SSSR count). The Hall–Kier alpha value is -1.15. The zero-order valence-corrected chi connectivity index (χ0v) is 9.71. The fourth-order valence-electron chi connectivity index (χ4n) is 1.61. The van der Waals surface area contributed by atoms with Gasteiger partial charge in [-0.1, -0.05) is 43.7 Å². The van der Waals surface area contributed by atoms with Gasteiger partial charge < -0.3 is 10.1 Å². The molecule has 82 valence electrons. The lowest BCUT2D eigenvalue weighted by atomic mass is 9.84. The van der Waals surface area contributed by atoms with Crippen molar-refractivity contribution in [2.24, 2.45) is 0 Å². The molecule has 1 aromatic rings. The summed E-state index contributed by atoms with van der Waals surface area (Å²) < 4.78 is 0. The number of carbonyl (C=O) groups is 1. The summed E-state index contributed by atoms with van der Waals surface area (Å²) in [5.74, 6) is 0. The molecule has 0 saturated heterocycles. The molecule has 0 fully saturated rings. The average molecular weight is 205 g/mol. The zero-order chi connectivity index (χ0) is 11.3. The summed E-state index contributed by atoms with van der Waals surface area (Å²) in [4.78, 5) is 10.2. The molecule has 0 aromatic heterocycles. The maximum absolute atomic E-state index is 10.2. The molecule has 2 heteroatoms. The van der Waals surface area contributed by atoms with E-state index in [-0.39, 0.29) is 5.41 Å². The second-order valence-electron chi connectivity index (χ2n) is 4.55. The maximum Gasteiger partial charge on any atom is 0.133 e. The SMILES string of the molecule is Cc1cccc(C(C)(C)CNCC=O)c1. The molecule has 0 atom stereocenters. The van der Waals surface area contributed by atoms with Crippen LogP contribution in [-0.4, -0.2) is 19.4 Å². The van der Waals surface area contributed by atoms with Crippen molar-refractivity contribution in [1.29, 1.82) is 0 Å². The molecule has 1 aromatic carbocycles. The van der Waals surface area contributed by atoms with E-state index in [0.29, 0.717) is 6.54 Å². The number of aryl methyl sites for hydroxylation is 1. The monoisotopic (exact) mass is 205 g/mol. The molecule has 0 spiro atoms. The fourth-order valence-corrected chi connectivity index (χ4v) is 1.61. The number of hydrogen-bond donors (Lipinski definition) is 1. The van der Waals surface area contributed by atoms with Gasteiger partial charge in [0, 0.05) is 12.0 Å². The zero-order valence-electron chi connectivity index (χ0n) is 9.71. The molecule has 0 heterocycles. The first-order valence-electron chi connectivity index (χ1n) is 5.28.